The lowest BCUT2D eigenvalue weighted by atomic mass is 10.1. The van der Waals surface area contributed by atoms with E-state index in [0.29, 0.717) is 30.3 Å². The van der Waals surface area contributed by atoms with Crippen LogP contribution in [0.1, 0.15) is 11.7 Å². The van der Waals surface area contributed by atoms with E-state index in [4.69, 9.17) is 9.47 Å². The van der Waals surface area contributed by atoms with Gasteiger partial charge in [-0.05, 0) is 23.8 Å². The highest BCUT2D eigenvalue weighted by atomic mass is 19.1. The summed E-state index contributed by atoms with van der Waals surface area (Å²) in [4.78, 5) is 15.9. The number of urea groups is 1. The highest BCUT2D eigenvalue weighted by Crippen LogP contribution is 2.13. The van der Waals surface area contributed by atoms with Crippen molar-refractivity contribution in [3.63, 3.8) is 0 Å². The number of aromatic nitrogens is 1. The molecule has 0 aliphatic carbocycles. The number of aliphatic hydroxyl groups is 1. The summed E-state index contributed by atoms with van der Waals surface area (Å²) in [6, 6.07) is 8.21. The number of rotatable bonds is 8. The van der Waals surface area contributed by atoms with Crippen molar-refractivity contribution in [1.29, 1.82) is 0 Å². The lowest BCUT2D eigenvalue weighted by molar-refractivity contribution is 0.144. The molecule has 2 rings (SSSR count). The maximum Gasteiger partial charge on any atom is 0.319 e. The monoisotopic (exact) mass is 349 g/mol. The minimum absolute atomic E-state index is 0.0108. The standard InChI is InChI=1S/C17H20FN3O4/c1-24-8-9-25-16-7-6-14(10-19-16)21-17(23)20-11-15(22)12-2-4-13(18)5-3-12/h2-7,10,15,22H,8-9,11H2,1H3,(H2,20,21,23)/t15-/m1/s1. The Bertz CT molecular complexity index is 665. The van der Waals surface area contributed by atoms with Gasteiger partial charge in [0.1, 0.15) is 12.4 Å². The van der Waals surface area contributed by atoms with Gasteiger partial charge in [-0.1, -0.05) is 12.1 Å². The molecule has 2 aromatic rings. The number of hydrogen-bond acceptors (Lipinski definition) is 5. The first-order chi connectivity index (χ1) is 12.1. The van der Waals surface area contributed by atoms with Gasteiger partial charge in [-0.3, -0.25) is 0 Å². The number of carbonyl (C=O) groups is 1. The Balaban J connectivity index is 1.76. The number of carbonyl (C=O) groups excluding carboxylic acids is 1. The van der Waals surface area contributed by atoms with E-state index < -0.39 is 12.1 Å². The van der Waals surface area contributed by atoms with Crippen LogP contribution in [0, 0.1) is 5.82 Å². The third kappa shape index (κ3) is 6.36. The molecule has 7 nitrogen and oxygen atoms in total. The smallest absolute Gasteiger partial charge is 0.319 e. The number of nitrogens with zero attached hydrogens (tertiary/aromatic N) is 1. The third-order valence-corrected chi connectivity index (χ3v) is 3.24. The van der Waals surface area contributed by atoms with Crippen molar-refractivity contribution < 1.29 is 23.8 Å². The summed E-state index contributed by atoms with van der Waals surface area (Å²) in [7, 11) is 1.58. The van der Waals surface area contributed by atoms with Crippen LogP contribution in [0.3, 0.4) is 0 Å². The Morgan fingerprint density at radius 1 is 1.24 bits per heavy atom. The summed E-state index contributed by atoms with van der Waals surface area (Å²) in [6.45, 7) is 0.835. The van der Waals surface area contributed by atoms with Crippen molar-refractivity contribution in [2.75, 3.05) is 32.2 Å². The SMILES string of the molecule is COCCOc1ccc(NC(=O)NC[C@@H](O)c2ccc(F)cc2)cn1. The molecule has 1 atom stereocenters. The Morgan fingerprint density at radius 2 is 2.00 bits per heavy atom. The summed E-state index contributed by atoms with van der Waals surface area (Å²) in [5.74, 6) is 0.0403. The molecule has 0 saturated carbocycles. The maximum atomic E-state index is 12.8. The zero-order chi connectivity index (χ0) is 18.1. The van der Waals surface area contributed by atoms with Gasteiger partial charge < -0.3 is 25.2 Å². The highest BCUT2D eigenvalue weighted by Gasteiger charge is 2.10. The quantitative estimate of drug-likeness (QED) is 0.635. The second-order valence-electron chi connectivity index (χ2n) is 5.13. The number of hydrogen-bond donors (Lipinski definition) is 3. The summed E-state index contributed by atoms with van der Waals surface area (Å²) in [5.41, 5.74) is 0.994. The lowest BCUT2D eigenvalue weighted by Gasteiger charge is -2.13. The van der Waals surface area contributed by atoms with E-state index in [-0.39, 0.29) is 12.4 Å². The predicted molar refractivity (Wildman–Crippen MR) is 90.0 cm³/mol. The van der Waals surface area contributed by atoms with Crippen LogP contribution in [0.5, 0.6) is 5.88 Å². The fraction of sp³-hybridized carbons (Fsp3) is 0.294. The van der Waals surface area contributed by atoms with Gasteiger partial charge in [-0.25, -0.2) is 14.2 Å². The molecule has 0 fully saturated rings. The highest BCUT2D eigenvalue weighted by molar-refractivity contribution is 5.89. The molecule has 0 spiro atoms. The first-order valence-electron chi connectivity index (χ1n) is 7.64. The molecule has 3 N–H and O–H groups in total. The van der Waals surface area contributed by atoms with Gasteiger partial charge >= 0.3 is 6.03 Å². The van der Waals surface area contributed by atoms with Crippen molar-refractivity contribution in [3.05, 3.63) is 54.0 Å². The van der Waals surface area contributed by atoms with Gasteiger partial charge in [0, 0.05) is 19.7 Å². The van der Waals surface area contributed by atoms with Gasteiger partial charge in [0.05, 0.1) is 24.6 Å². The molecule has 134 valence electrons. The van der Waals surface area contributed by atoms with Crippen molar-refractivity contribution in [2.45, 2.75) is 6.10 Å². The van der Waals surface area contributed by atoms with E-state index in [0.717, 1.165) is 0 Å². The first-order valence-corrected chi connectivity index (χ1v) is 7.64. The first kappa shape index (κ1) is 18.6. The largest absolute Gasteiger partial charge is 0.475 e. The van der Waals surface area contributed by atoms with Gasteiger partial charge in [0.15, 0.2) is 0 Å². The molecule has 1 aromatic heterocycles. The minimum Gasteiger partial charge on any atom is -0.475 e. The van der Waals surface area contributed by atoms with Crippen molar-refractivity contribution in [3.8, 4) is 5.88 Å². The number of anilines is 1. The molecule has 0 saturated heterocycles. The average Bonchev–Trinajstić information content (AvgIpc) is 2.62. The molecule has 0 aliphatic heterocycles. The molecule has 0 unspecified atom stereocenters. The molecule has 0 bridgehead atoms. The van der Waals surface area contributed by atoms with Crippen LogP contribution in [-0.2, 0) is 4.74 Å². The summed E-state index contributed by atoms with van der Waals surface area (Å²) >= 11 is 0. The van der Waals surface area contributed by atoms with Crippen LogP contribution < -0.4 is 15.4 Å². The maximum absolute atomic E-state index is 12.8. The van der Waals surface area contributed by atoms with Crippen LogP contribution in [0.25, 0.3) is 0 Å². The summed E-state index contributed by atoms with van der Waals surface area (Å²) in [5, 5.41) is 15.1. The molecule has 0 radical (unpaired) electrons. The van der Waals surface area contributed by atoms with Crippen molar-refractivity contribution >= 4 is 11.7 Å². The van der Waals surface area contributed by atoms with Gasteiger partial charge in [0.2, 0.25) is 5.88 Å². The molecule has 1 heterocycles. The lowest BCUT2D eigenvalue weighted by Crippen LogP contribution is -2.32. The van der Waals surface area contributed by atoms with Crippen LogP contribution in [-0.4, -0.2) is 43.0 Å². The van der Waals surface area contributed by atoms with Crippen LogP contribution in [0.15, 0.2) is 42.6 Å². The Morgan fingerprint density at radius 3 is 2.64 bits per heavy atom. The number of nitrogens with one attached hydrogen (secondary N) is 2. The van der Waals surface area contributed by atoms with E-state index in [9.17, 15) is 14.3 Å². The second-order valence-corrected chi connectivity index (χ2v) is 5.13. The number of methoxy groups -OCH3 is 1. The van der Waals surface area contributed by atoms with Crippen molar-refractivity contribution in [2.24, 2.45) is 0 Å². The van der Waals surface area contributed by atoms with Crippen molar-refractivity contribution in [1.82, 2.24) is 10.3 Å². The van der Waals surface area contributed by atoms with E-state index in [1.54, 1.807) is 19.2 Å². The third-order valence-electron chi connectivity index (χ3n) is 3.24. The number of aliphatic hydroxyl groups excluding tert-OH is 1. The zero-order valence-electron chi connectivity index (χ0n) is 13.7. The number of benzene rings is 1. The molecule has 1 aromatic carbocycles. The molecular formula is C17H20FN3O4. The van der Waals surface area contributed by atoms with Crippen LogP contribution in [0.2, 0.25) is 0 Å². The van der Waals surface area contributed by atoms with E-state index in [1.165, 1.54) is 30.5 Å². The normalized spacial score (nSPS) is 11.6. The average molecular weight is 349 g/mol. The Kier molecular flexibility index (Phi) is 7.12. The second kappa shape index (κ2) is 9.55. The summed E-state index contributed by atoms with van der Waals surface area (Å²) in [6.07, 6.45) is 0.527. The number of pyridine rings is 1. The number of amides is 2. The van der Waals surface area contributed by atoms with Crippen LogP contribution in [0.4, 0.5) is 14.9 Å². The van der Waals surface area contributed by atoms with E-state index in [1.807, 2.05) is 0 Å². The fourth-order valence-electron chi connectivity index (χ4n) is 1.94. The summed E-state index contributed by atoms with van der Waals surface area (Å²) < 4.78 is 23.0. The molecule has 2 amide bonds. The Hall–Kier alpha value is -2.71. The fourth-order valence-corrected chi connectivity index (χ4v) is 1.94. The zero-order valence-corrected chi connectivity index (χ0v) is 13.7. The van der Waals surface area contributed by atoms with Crippen LogP contribution >= 0.6 is 0 Å². The molecular weight excluding hydrogens is 329 g/mol. The van der Waals surface area contributed by atoms with Gasteiger partial charge in [0.25, 0.3) is 0 Å². The Labute approximate surface area is 144 Å². The van der Waals surface area contributed by atoms with E-state index >= 15 is 0 Å². The van der Waals surface area contributed by atoms with Gasteiger partial charge in [-0.15, -0.1) is 0 Å². The van der Waals surface area contributed by atoms with Gasteiger partial charge in [-0.2, -0.15) is 0 Å². The molecule has 25 heavy (non-hydrogen) atoms. The number of halogens is 1. The van der Waals surface area contributed by atoms with E-state index in [2.05, 4.69) is 15.6 Å². The minimum atomic E-state index is -0.930. The topological polar surface area (TPSA) is 92.7 Å². The number of ether oxygens (including phenoxy) is 2. The predicted octanol–water partition coefficient (Wildman–Crippen LogP) is 2.10. The molecule has 8 heteroatoms. The molecule has 0 aliphatic rings.